The summed E-state index contributed by atoms with van der Waals surface area (Å²) in [7, 11) is 0. The Labute approximate surface area is 242 Å². The molecule has 5 nitrogen and oxygen atoms in total. The van der Waals surface area contributed by atoms with Crippen LogP contribution in [0.1, 0.15) is 87.4 Å². The summed E-state index contributed by atoms with van der Waals surface area (Å²) in [5.41, 5.74) is 4.70. The number of aromatic amines is 1. The third kappa shape index (κ3) is 4.01. The van der Waals surface area contributed by atoms with Gasteiger partial charge in [0.05, 0.1) is 5.41 Å². The number of rotatable bonds is 5. The molecule has 0 saturated heterocycles. The Kier molecular flexibility index (Phi) is 5.21. The molecule has 0 spiro atoms. The van der Waals surface area contributed by atoms with E-state index in [1.807, 2.05) is 30.5 Å². The summed E-state index contributed by atoms with van der Waals surface area (Å²) >= 11 is 0. The second-order valence-electron chi connectivity index (χ2n) is 15.3. The molecule has 3 aromatic rings. The maximum absolute atomic E-state index is 13.6. The molecule has 8 aliphatic rings. The molecule has 212 valence electrons. The largest absolute Gasteiger partial charge is 0.361 e. The van der Waals surface area contributed by atoms with E-state index in [1.54, 1.807) is 0 Å². The van der Waals surface area contributed by atoms with Crippen LogP contribution < -0.4 is 10.6 Å². The van der Waals surface area contributed by atoms with Crippen LogP contribution in [0, 0.1) is 40.9 Å². The average Bonchev–Trinajstić information content (AvgIpc) is 3.35. The van der Waals surface area contributed by atoms with Crippen LogP contribution in [0.15, 0.2) is 48.7 Å². The molecule has 11 rings (SSSR count). The van der Waals surface area contributed by atoms with Gasteiger partial charge in [-0.2, -0.15) is 0 Å². The van der Waals surface area contributed by atoms with Gasteiger partial charge in [0, 0.05) is 39.5 Å². The van der Waals surface area contributed by atoms with Crippen LogP contribution in [0.5, 0.6) is 0 Å². The topological polar surface area (TPSA) is 74.0 Å². The predicted molar refractivity (Wildman–Crippen MR) is 161 cm³/mol. The van der Waals surface area contributed by atoms with Gasteiger partial charge >= 0.3 is 0 Å². The third-order valence-corrected chi connectivity index (χ3v) is 12.3. The zero-order chi connectivity index (χ0) is 27.3. The van der Waals surface area contributed by atoms with Gasteiger partial charge in [-0.05, 0) is 148 Å². The maximum Gasteiger partial charge on any atom is 0.251 e. The minimum atomic E-state index is -0.141. The SMILES string of the molecule is O=C(NC12CC3CC(CC(C3)C1)C2)c1ccc2[nH]cc(-c3ccc(NC(=O)C45CC6CC(CC(C6)C4)C5)cc3)c2c1. The molecule has 0 radical (unpaired) electrons. The first-order chi connectivity index (χ1) is 19.9. The number of carbonyl (C=O) groups is 2. The summed E-state index contributed by atoms with van der Waals surface area (Å²) in [4.78, 5) is 30.5. The predicted octanol–water partition coefficient (Wildman–Crippen LogP) is 7.69. The van der Waals surface area contributed by atoms with Crippen LogP contribution in [-0.2, 0) is 4.79 Å². The van der Waals surface area contributed by atoms with Gasteiger partial charge in [-0.15, -0.1) is 0 Å². The summed E-state index contributed by atoms with van der Waals surface area (Å²) in [6.45, 7) is 0. The molecule has 8 bridgehead atoms. The van der Waals surface area contributed by atoms with E-state index in [1.165, 1.54) is 38.5 Å². The van der Waals surface area contributed by atoms with Crippen LogP contribution in [-0.4, -0.2) is 22.3 Å². The first-order valence-corrected chi connectivity index (χ1v) is 16.3. The molecule has 1 heterocycles. The first kappa shape index (κ1) is 24.5. The lowest BCUT2D eigenvalue weighted by Gasteiger charge is -2.56. The number of fused-ring (bicyclic) bond motifs is 1. The van der Waals surface area contributed by atoms with Gasteiger partial charge < -0.3 is 15.6 Å². The van der Waals surface area contributed by atoms with E-state index >= 15 is 0 Å². The normalized spacial score (nSPS) is 38.0. The van der Waals surface area contributed by atoms with Crippen LogP contribution in [0.25, 0.3) is 22.0 Å². The zero-order valence-electron chi connectivity index (χ0n) is 23.9. The van der Waals surface area contributed by atoms with Gasteiger partial charge in [0.25, 0.3) is 5.91 Å². The maximum atomic E-state index is 13.6. The molecule has 1 aromatic heterocycles. The van der Waals surface area contributed by atoms with Gasteiger partial charge in [-0.1, -0.05) is 12.1 Å². The molecule has 8 aliphatic carbocycles. The molecule has 0 aliphatic heterocycles. The second kappa shape index (κ2) is 8.72. The van der Waals surface area contributed by atoms with Crippen molar-refractivity contribution in [2.45, 2.75) is 82.6 Å². The van der Waals surface area contributed by atoms with E-state index in [0.29, 0.717) is 0 Å². The van der Waals surface area contributed by atoms with Crippen molar-refractivity contribution < 1.29 is 9.59 Å². The highest BCUT2D eigenvalue weighted by Crippen LogP contribution is 2.60. The fraction of sp³-hybridized carbons (Fsp3) is 0.556. The van der Waals surface area contributed by atoms with E-state index in [0.717, 1.165) is 107 Å². The molecule has 8 fully saturated rings. The number of aromatic nitrogens is 1. The Morgan fingerprint density at radius 3 is 1.85 bits per heavy atom. The van der Waals surface area contributed by atoms with Crippen LogP contribution in [0.2, 0.25) is 0 Å². The van der Waals surface area contributed by atoms with E-state index in [-0.39, 0.29) is 22.8 Å². The van der Waals surface area contributed by atoms with Crippen molar-refractivity contribution in [3.8, 4) is 11.1 Å². The van der Waals surface area contributed by atoms with Crippen molar-refractivity contribution in [3.63, 3.8) is 0 Å². The minimum Gasteiger partial charge on any atom is -0.361 e. The van der Waals surface area contributed by atoms with Gasteiger partial charge in [-0.3, -0.25) is 9.59 Å². The van der Waals surface area contributed by atoms with Crippen molar-refractivity contribution in [1.82, 2.24) is 10.3 Å². The molecule has 0 atom stereocenters. The van der Waals surface area contributed by atoms with Gasteiger partial charge in [0.1, 0.15) is 0 Å². The van der Waals surface area contributed by atoms with Gasteiger partial charge in [0.2, 0.25) is 5.91 Å². The van der Waals surface area contributed by atoms with Crippen molar-refractivity contribution in [2.75, 3.05) is 5.32 Å². The summed E-state index contributed by atoms with van der Waals surface area (Å²) in [5.74, 6) is 5.01. The Bertz CT molecular complexity index is 1480. The average molecular weight is 548 g/mol. The molecule has 3 N–H and O–H groups in total. The molecule has 8 saturated carbocycles. The highest BCUT2D eigenvalue weighted by Gasteiger charge is 2.55. The number of amides is 2. The van der Waals surface area contributed by atoms with Crippen molar-refractivity contribution in [3.05, 3.63) is 54.2 Å². The van der Waals surface area contributed by atoms with E-state index < -0.39 is 0 Å². The van der Waals surface area contributed by atoms with E-state index in [9.17, 15) is 9.59 Å². The van der Waals surface area contributed by atoms with Crippen LogP contribution >= 0.6 is 0 Å². The summed E-state index contributed by atoms with van der Waals surface area (Å²) in [6, 6.07) is 14.3. The number of H-pyrrole nitrogens is 1. The second-order valence-corrected chi connectivity index (χ2v) is 15.3. The highest BCUT2D eigenvalue weighted by atomic mass is 16.2. The number of nitrogens with one attached hydrogen (secondary N) is 3. The third-order valence-electron chi connectivity index (χ3n) is 12.3. The van der Waals surface area contributed by atoms with Gasteiger partial charge in [0.15, 0.2) is 0 Å². The molecular formula is C36H41N3O2. The van der Waals surface area contributed by atoms with Crippen molar-refractivity contribution >= 4 is 28.4 Å². The number of anilines is 1. The number of benzene rings is 2. The Hall–Kier alpha value is -3.08. The first-order valence-electron chi connectivity index (χ1n) is 16.3. The lowest BCUT2D eigenvalue weighted by atomic mass is 9.49. The lowest BCUT2D eigenvalue weighted by molar-refractivity contribution is -0.140. The quantitative estimate of drug-likeness (QED) is 0.306. The Morgan fingerprint density at radius 2 is 1.27 bits per heavy atom. The molecule has 2 amide bonds. The van der Waals surface area contributed by atoms with Crippen LogP contribution in [0.3, 0.4) is 0 Å². The monoisotopic (exact) mass is 547 g/mol. The standard InChI is InChI=1S/C36H41N3O2/c40-33(39-36-17-24-10-25(18-36)12-26(11-24)19-36)28-3-6-32-30(13-28)31(20-37-32)27-1-4-29(5-2-27)38-34(41)35-14-21-7-22(15-35)9-23(8-21)16-35/h1-6,13,20-26,37H,7-12,14-19H2,(H,38,41)(H,39,40). The Morgan fingerprint density at radius 1 is 0.707 bits per heavy atom. The lowest BCUT2D eigenvalue weighted by Crippen LogP contribution is -2.59. The fourth-order valence-corrected chi connectivity index (χ4v) is 11.5. The van der Waals surface area contributed by atoms with Gasteiger partial charge in [-0.25, -0.2) is 0 Å². The summed E-state index contributed by atoms with van der Waals surface area (Å²) in [6.07, 6.45) is 16.9. The molecule has 5 heteroatoms. The highest BCUT2D eigenvalue weighted by molar-refractivity contribution is 6.03. The smallest absolute Gasteiger partial charge is 0.251 e. The minimum absolute atomic E-state index is 0.0121. The molecule has 0 unspecified atom stereocenters. The Balaban J connectivity index is 0.932. The summed E-state index contributed by atoms with van der Waals surface area (Å²) in [5, 5.41) is 7.90. The molecule has 2 aromatic carbocycles. The van der Waals surface area contributed by atoms with Crippen molar-refractivity contribution in [2.24, 2.45) is 40.9 Å². The molecular weight excluding hydrogens is 506 g/mol. The number of hydrogen-bond donors (Lipinski definition) is 3. The fourth-order valence-electron chi connectivity index (χ4n) is 11.5. The van der Waals surface area contributed by atoms with E-state index in [4.69, 9.17) is 0 Å². The molecule has 41 heavy (non-hydrogen) atoms. The van der Waals surface area contributed by atoms with Crippen LogP contribution in [0.4, 0.5) is 5.69 Å². The van der Waals surface area contributed by atoms with Crippen molar-refractivity contribution in [1.29, 1.82) is 0 Å². The summed E-state index contributed by atoms with van der Waals surface area (Å²) < 4.78 is 0. The number of hydrogen-bond acceptors (Lipinski definition) is 2. The zero-order valence-corrected chi connectivity index (χ0v) is 23.9. The van der Waals surface area contributed by atoms with E-state index in [2.05, 4.69) is 33.8 Å². The number of carbonyl (C=O) groups excluding carboxylic acids is 2.